The Bertz CT molecular complexity index is 2590. The van der Waals surface area contributed by atoms with Crippen molar-refractivity contribution in [2.45, 2.75) is 23.6 Å². The maximum atomic E-state index is 12.5. The van der Waals surface area contributed by atoms with Gasteiger partial charge in [0.2, 0.25) is 0 Å². The van der Waals surface area contributed by atoms with Crippen molar-refractivity contribution in [3.63, 3.8) is 0 Å². The Morgan fingerprint density at radius 3 is 1.21 bits per heavy atom. The molecule has 1 radical (unpaired) electrons. The first-order chi connectivity index (χ1) is 26.4. The van der Waals surface area contributed by atoms with E-state index in [4.69, 9.17) is 0 Å². The summed E-state index contributed by atoms with van der Waals surface area (Å²) < 4.78 is 69.1. The Morgan fingerprint density at radius 1 is 0.579 bits per heavy atom. The SMILES string of the molecule is Cc1nn(-c2ccccc2)c([O-])c1N=Nc1cc(S(=O)(=O)[O-])ccc1C(=O)[O-].Cc1nn(-c2ccccc2)c([O-])c1N=Nc1cc(S(=O)(=O)[O-])ccc1C(=O)[O-].[Cr+3].[H+].[H+].[H+]. The molecule has 0 saturated heterocycles. The molecule has 0 unspecified atom stereocenters. The summed E-state index contributed by atoms with van der Waals surface area (Å²) in [6.45, 7) is 3.01. The van der Waals surface area contributed by atoms with Crippen LogP contribution in [0, 0.1) is 13.8 Å². The second kappa shape index (κ2) is 17.5. The van der Waals surface area contributed by atoms with E-state index in [1.54, 1.807) is 60.7 Å². The standard InChI is InChI=1S/2C17H14N4O6S.Cr/c2*1-10-15(16(22)21(20-10)11-5-3-2-4-6-11)19-18-14-9-12(28(25,26)27)7-8-13(14)17(23)24;/h2*2-9,22H,1H3,(H,23,24)(H,25,26,27);/q;;+3/p-3. The Labute approximate surface area is 337 Å². The van der Waals surface area contributed by atoms with Gasteiger partial charge in [-0.2, -0.15) is 10.2 Å². The van der Waals surface area contributed by atoms with Crippen LogP contribution in [0.5, 0.6) is 11.8 Å². The Hall–Kier alpha value is -6.61. The van der Waals surface area contributed by atoms with E-state index in [-0.39, 0.29) is 44.4 Å². The first-order valence-electron chi connectivity index (χ1n) is 15.5. The number of aryl methyl sites for hydroxylation is 2. The van der Waals surface area contributed by atoms with E-state index in [0.29, 0.717) is 11.4 Å². The van der Waals surface area contributed by atoms with Crippen LogP contribution in [0.25, 0.3) is 11.4 Å². The summed E-state index contributed by atoms with van der Waals surface area (Å²) in [6.07, 6.45) is 0. The Kier molecular flexibility index (Phi) is 13.2. The molecule has 291 valence electrons. The van der Waals surface area contributed by atoms with Crippen molar-refractivity contribution in [2.24, 2.45) is 20.5 Å². The molecule has 6 aromatic rings. The molecule has 0 saturated carbocycles. The molecule has 0 spiro atoms. The fraction of sp³-hybridized carbons (Fsp3) is 0.0588. The molecular formula is C34H25CrN8O12S2. The van der Waals surface area contributed by atoms with Gasteiger partial charge in [0.15, 0.2) is 0 Å². The van der Waals surface area contributed by atoms with Crippen LogP contribution in [0.3, 0.4) is 0 Å². The smallest absolute Gasteiger partial charge is 0.857 e. The second-order valence-electron chi connectivity index (χ2n) is 11.2. The minimum Gasteiger partial charge on any atom is -0.857 e. The van der Waals surface area contributed by atoms with E-state index in [0.717, 1.165) is 45.8 Å². The average Bonchev–Trinajstić information content (AvgIpc) is 3.61. The molecule has 2 heterocycles. The molecule has 0 fully saturated rings. The van der Waals surface area contributed by atoms with Crippen molar-refractivity contribution in [1.29, 1.82) is 0 Å². The number of para-hydroxylation sites is 2. The van der Waals surface area contributed by atoms with Gasteiger partial charge in [-0.05, 0) is 74.5 Å². The Balaban J connectivity index is 0.000000562. The van der Waals surface area contributed by atoms with Gasteiger partial charge in [-0.15, -0.1) is 20.5 Å². The predicted molar refractivity (Wildman–Crippen MR) is 185 cm³/mol. The van der Waals surface area contributed by atoms with Crippen LogP contribution in [0.4, 0.5) is 22.7 Å². The van der Waals surface area contributed by atoms with Crippen molar-refractivity contribution in [3.8, 4) is 23.1 Å². The number of azo groups is 2. The van der Waals surface area contributed by atoms with E-state index < -0.39 is 76.2 Å². The van der Waals surface area contributed by atoms with Crippen LogP contribution in [-0.4, -0.2) is 57.4 Å². The average molecular weight is 854 g/mol. The maximum Gasteiger partial charge on any atom is 3.00 e. The maximum absolute atomic E-state index is 12.5. The van der Waals surface area contributed by atoms with Crippen LogP contribution in [0.2, 0.25) is 0 Å². The molecule has 23 heteroatoms. The molecule has 6 rings (SSSR count). The molecule has 0 atom stereocenters. The van der Waals surface area contributed by atoms with E-state index in [1.807, 2.05) is 0 Å². The summed E-state index contributed by atoms with van der Waals surface area (Å²) in [5.74, 6) is -4.50. The van der Waals surface area contributed by atoms with Gasteiger partial charge in [0.1, 0.15) is 31.6 Å². The minimum atomic E-state index is -4.84. The monoisotopic (exact) mass is 853 g/mol. The van der Waals surface area contributed by atoms with Crippen molar-refractivity contribution >= 4 is 54.9 Å². The van der Waals surface area contributed by atoms with Crippen molar-refractivity contribution in [3.05, 3.63) is 120 Å². The summed E-state index contributed by atoms with van der Waals surface area (Å²) in [5.41, 5.74) is -0.758. The summed E-state index contributed by atoms with van der Waals surface area (Å²) in [5, 5.41) is 70.4. The molecule has 20 nitrogen and oxygen atoms in total. The van der Waals surface area contributed by atoms with Crippen LogP contribution in [-0.2, 0) is 37.6 Å². The number of carboxylic acids is 2. The molecule has 57 heavy (non-hydrogen) atoms. The molecular weight excluding hydrogens is 829 g/mol. The van der Waals surface area contributed by atoms with Gasteiger partial charge in [-0.3, -0.25) is 0 Å². The molecule has 0 amide bonds. The number of carbonyl (C=O) groups excluding carboxylic acids is 2. The van der Waals surface area contributed by atoms with Crippen LogP contribution >= 0.6 is 0 Å². The molecule has 0 bridgehead atoms. The summed E-state index contributed by atoms with van der Waals surface area (Å²) >= 11 is 0. The third-order valence-electron chi connectivity index (χ3n) is 7.45. The zero-order chi connectivity index (χ0) is 40.9. The van der Waals surface area contributed by atoms with Crippen molar-refractivity contribution in [2.75, 3.05) is 0 Å². The minimum absolute atomic E-state index is 0. The quantitative estimate of drug-likeness (QED) is 0.141. The number of aromatic nitrogens is 4. The Morgan fingerprint density at radius 2 is 0.912 bits per heavy atom. The molecule has 0 aliphatic heterocycles. The summed E-state index contributed by atoms with van der Waals surface area (Å²) in [7, 11) is -9.68. The third kappa shape index (κ3) is 9.99. The van der Waals surface area contributed by atoms with Crippen molar-refractivity contribution < 1.29 is 77.6 Å². The zero-order valence-electron chi connectivity index (χ0n) is 31.9. The van der Waals surface area contributed by atoms with Gasteiger partial charge in [0.25, 0.3) is 0 Å². The second-order valence-corrected chi connectivity index (χ2v) is 14.0. The van der Waals surface area contributed by atoms with E-state index in [1.165, 1.54) is 13.8 Å². The number of benzene rings is 4. The number of nitrogens with zero attached hydrogens (tertiary/aromatic N) is 8. The molecule has 0 aliphatic carbocycles. The van der Waals surface area contributed by atoms with Crippen LogP contribution in [0.15, 0.2) is 127 Å². The number of carbonyl (C=O) groups is 2. The van der Waals surface area contributed by atoms with Crippen molar-refractivity contribution in [1.82, 2.24) is 19.6 Å². The first kappa shape index (κ1) is 43.1. The van der Waals surface area contributed by atoms with E-state index >= 15 is 0 Å². The molecule has 0 N–H and O–H groups in total. The molecule has 2 aromatic heterocycles. The van der Waals surface area contributed by atoms with Crippen LogP contribution < -0.4 is 20.4 Å². The largest absolute Gasteiger partial charge is 3.00 e. The first-order valence-corrected chi connectivity index (χ1v) is 18.3. The number of hydrogen-bond donors (Lipinski definition) is 0. The summed E-state index contributed by atoms with van der Waals surface area (Å²) in [6, 6.07) is 21.9. The fourth-order valence-corrected chi connectivity index (χ4v) is 5.75. The van der Waals surface area contributed by atoms with Crippen LogP contribution in [0.1, 0.15) is 36.4 Å². The van der Waals surface area contributed by atoms with Gasteiger partial charge in [-0.25, -0.2) is 26.2 Å². The number of carboxylic acid groups (broad SMARTS) is 2. The van der Waals surface area contributed by atoms with E-state index in [9.17, 15) is 56.0 Å². The van der Waals surface area contributed by atoms with Gasteiger partial charge in [0, 0.05) is 22.9 Å². The number of rotatable bonds is 10. The van der Waals surface area contributed by atoms with Gasteiger partial charge in [0.05, 0.1) is 55.9 Å². The topological polar surface area (TPSA) is 326 Å². The fourth-order valence-electron chi connectivity index (χ4n) is 4.77. The molecule has 0 aliphatic rings. The van der Waals surface area contributed by atoms with Gasteiger partial charge in [-0.1, -0.05) is 36.4 Å². The van der Waals surface area contributed by atoms with Gasteiger partial charge >= 0.3 is 21.6 Å². The van der Waals surface area contributed by atoms with E-state index in [2.05, 4.69) is 30.7 Å². The zero-order valence-corrected chi connectivity index (χ0v) is 31.8. The third-order valence-corrected chi connectivity index (χ3v) is 9.11. The predicted octanol–water partition coefficient (Wildman–Crippen LogP) is 2.21. The molecule has 4 aromatic carbocycles. The summed E-state index contributed by atoms with van der Waals surface area (Å²) in [4.78, 5) is 21.0. The normalized spacial score (nSPS) is 11.6. The number of hydrogen-bond acceptors (Lipinski definition) is 18. The van der Waals surface area contributed by atoms with Gasteiger partial charge < -0.3 is 39.1 Å². The number of aromatic carboxylic acids is 2.